The number of hydrogen-bond acceptors (Lipinski definition) is 11. The third kappa shape index (κ3) is 13.8. The summed E-state index contributed by atoms with van der Waals surface area (Å²) in [4.78, 5) is 83.8. The van der Waals surface area contributed by atoms with Crippen molar-refractivity contribution >= 4 is 41.5 Å². The summed E-state index contributed by atoms with van der Waals surface area (Å²) in [6.45, 7) is 1.44. The van der Waals surface area contributed by atoms with Gasteiger partial charge in [-0.1, -0.05) is 7.43 Å². The minimum absolute atomic E-state index is 0. The van der Waals surface area contributed by atoms with E-state index in [0.717, 1.165) is 17.1 Å². The van der Waals surface area contributed by atoms with Crippen LogP contribution in [0, 0.1) is 0 Å². The molecule has 0 unspecified atom stereocenters. The predicted octanol–water partition coefficient (Wildman–Crippen LogP) is -1.50. The van der Waals surface area contributed by atoms with Gasteiger partial charge in [0, 0.05) is 51.0 Å². The van der Waals surface area contributed by atoms with E-state index in [1.54, 1.807) is 0 Å². The molecule has 0 aromatic carbocycles. The van der Waals surface area contributed by atoms with E-state index in [9.17, 15) is 33.6 Å². The summed E-state index contributed by atoms with van der Waals surface area (Å²) in [5, 5.41) is 11.1. The fraction of sp³-hybridized carbons (Fsp3) is 0.591. The molecule has 2 rings (SSSR count). The predicted molar refractivity (Wildman–Crippen MR) is 125 cm³/mol. The average Bonchev–Trinajstić information content (AvgIpc) is 3.32. The highest BCUT2D eigenvalue weighted by Gasteiger charge is 2.32. The maximum atomic E-state index is 11.6. The fourth-order valence-electron chi connectivity index (χ4n) is 2.62. The number of hydrogen-bond donors (Lipinski definition) is 3. The van der Waals surface area contributed by atoms with Crippen molar-refractivity contribution in [2.45, 2.75) is 39.5 Å². The summed E-state index contributed by atoms with van der Waals surface area (Å²) < 4.78 is 9.94. The maximum Gasteiger partial charge on any atom is 0.335 e. The zero-order valence-corrected chi connectivity index (χ0v) is 19.6. The van der Waals surface area contributed by atoms with Crippen LogP contribution in [-0.4, -0.2) is 103 Å². The van der Waals surface area contributed by atoms with E-state index in [0.29, 0.717) is 18.2 Å². The molecule has 37 heavy (non-hydrogen) atoms. The number of carboxylic acids is 1. The van der Waals surface area contributed by atoms with E-state index in [1.165, 1.54) is 0 Å². The Morgan fingerprint density at radius 3 is 2.03 bits per heavy atom. The van der Waals surface area contributed by atoms with Gasteiger partial charge in [-0.25, -0.2) is 4.79 Å². The fourth-order valence-corrected chi connectivity index (χ4v) is 2.62. The molecule has 0 aromatic rings. The van der Waals surface area contributed by atoms with Crippen LogP contribution < -0.4 is 11.1 Å². The number of carboxylic acid groups (broad SMARTS) is 1. The van der Waals surface area contributed by atoms with Gasteiger partial charge in [0.25, 0.3) is 23.6 Å². The van der Waals surface area contributed by atoms with Crippen LogP contribution in [0.4, 0.5) is 0 Å². The Balaban J connectivity index is 0.00000111. The zero-order chi connectivity index (χ0) is 26.9. The molecule has 0 spiro atoms. The first-order valence-corrected chi connectivity index (χ1v) is 11.1. The molecule has 15 heteroatoms. The van der Waals surface area contributed by atoms with Crippen LogP contribution in [0.15, 0.2) is 12.2 Å². The summed E-state index contributed by atoms with van der Waals surface area (Å²) in [5.41, 5.74) is 5.07. The number of carbonyl (C=O) groups is 7. The van der Waals surface area contributed by atoms with Crippen LogP contribution in [-0.2, 0) is 47.9 Å². The Morgan fingerprint density at radius 1 is 0.892 bits per heavy atom. The summed E-state index contributed by atoms with van der Waals surface area (Å²) in [7, 11) is 0. The molecule has 2 aliphatic rings. The summed E-state index contributed by atoms with van der Waals surface area (Å²) in [5.74, 6) is -3.95. The second-order valence-corrected chi connectivity index (χ2v) is 7.21. The molecular weight excluding hydrogens is 496 g/mol. The Kier molecular flexibility index (Phi) is 16.7. The van der Waals surface area contributed by atoms with Crippen molar-refractivity contribution in [1.82, 2.24) is 15.3 Å². The van der Waals surface area contributed by atoms with Crippen LogP contribution in [0.2, 0.25) is 0 Å². The Labute approximate surface area is 213 Å². The Morgan fingerprint density at radius 2 is 1.46 bits per heavy atom. The minimum Gasteiger partial charge on any atom is -0.481 e. The second kappa shape index (κ2) is 18.6. The molecule has 15 nitrogen and oxygen atoms in total. The van der Waals surface area contributed by atoms with Crippen LogP contribution in [0.3, 0.4) is 0 Å². The number of aliphatic carboxylic acids is 1. The lowest BCUT2D eigenvalue weighted by Gasteiger charge is -2.13. The number of rotatable bonds is 15. The Hall–Kier alpha value is -3.69. The summed E-state index contributed by atoms with van der Waals surface area (Å²) in [6.07, 6.45) is 2.22. The quantitative estimate of drug-likeness (QED) is 0.163. The van der Waals surface area contributed by atoms with Crippen LogP contribution in [0.25, 0.3) is 0 Å². The van der Waals surface area contributed by atoms with E-state index in [1.807, 2.05) is 0 Å². The van der Waals surface area contributed by atoms with Gasteiger partial charge in [-0.3, -0.25) is 33.7 Å². The first kappa shape index (κ1) is 33.3. The van der Waals surface area contributed by atoms with Crippen LogP contribution >= 0.6 is 0 Å². The van der Waals surface area contributed by atoms with Gasteiger partial charge >= 0.3 is 11.9 Å². The summed E-state index contributed by atoms with van der Waals surface area (Å²) in [6, 6.07) is 0. The number of amides is 5. The highest BCUT2D eigenvalue weighted by atomic mass is 16.7. The van der Waals surface area contributed by atoms with Crippen molar-refractivity contribution in [3.8, 4) is 0 Å². The molecule has 1 fully saturated rings. The van der Waals surface area contributed by atoms with Crippen molar-refractivity contribution in [1.29, 1.82) is 0 Å². The van der Waals surface area contributed by atoms with Gasteiger partial charge in [0.05, 0.1) is 39.3 Å². The van der Waals surface area contributed by atoms with Gasteiger partial charge in [0.2, 0.25) is 5.91 Å². The van der Waals surface area contributed by atoms with Gasteiger partial charge in [-0.05, 0) is 0 Å². The van der Waals surface area contributed by atoms with Crippen LogP contribution in [0.5, 0.6) is 0 Å². The number of ether oxygens (including phenoxy) is 2. The monoisotopic (exact) mass is 530 g/mol. The SMILES string of the molecule is C.NCCOCCC(=O)O.O=C(CCN1C(=O)C=CC1=O)NCCOCCC(=O)ON1C(=O)CCC1=O. The molecule has 2 heterocycles. The van der Waals surface area contributed by atoms with Gasteiger partial charge in [-0.15, -0.1) is 5.06 Å². The second-order valence-electron chi connectivity index (χ2n) is 7.21. The highest BCUT2D eigenvalue weighted by molar-refractivity contribution is 6.13. The standard InChI is InChI=1S/C16H19N3O8.C5H11NO3.CH4/c20-11(5-8-18-12(21)1-2-13(18)22)17-7-10-26-9-6-16(25)27-19-14(23)3-4-15(19)24;6-2-4-9-3-1-5(7)8;/h1-2H,3-10H2,(H,17,20);1-4,6H2,(H,7,8);1H4. The number of nitrogens with one attached hydrogen (secondary N) is 1. The third-order valence-corrected chi connectivity index (χ3v) is 4.40. The number of imide groups is 2. The molecule has 0 bridgehead atoms. The molecular formula is C22H34N4O11. The molecule has 0 radical (unpaired) electrons. The van der Waals surface area contributed by atoms with E-state index in [4.69, 9.17) is 20.3 Å². The van der Waals surface area contributed by atoms with Crippen LogP contribution in [0.1, 0.15) is 39.5 Å². The van der Waals surface area contributed by atoms with Crippen molar-refractivity contribution in [2.24, 2.45) is 5.73 Å². The zero-order valence-electron chi connectivity index (χ0n) is 19.6. The van der Waals surface area contributed by atoms with E-state index < -0.39 is 35.6 Å². The molecule has 0 saturated carbocycles. The molecule has 0 atom stereocenters. The van der Waals surface area contributed by atoms with Gasteiger partial charge in [-0.2, -0.15) is 0 Å². The highest BCUT2D eigenvalue weighted by Crippen LogP contribution is 2.12. The third-order valence-electron chi connectivity index (χ3n) is 4.40. The lowest BCUT2D eigenvalue weighted by atomic mass is 10.3. The van der Waals surface area contributed by atoms with Crippen molar-refractivity contribution in [3.05, 3.63) is 12.2 Å². The maximum absolute atomic E-state index is 11.6. The lowest BCUT2D eigenvalue weighted by molar-refractivity contribution is -0.198. The molecule has 1 saturated heterocycles. The molecule has 0 aromatic heterocycles. The number of carbonyl (C=O) groups excluding carboxylic acids is 6. The summed E-state index contributed by atoms with van der Waals surface area (Å²) >= 11 is 0. The van der Waals surface area contributed by atoms with E-state index >= 15 is 0 Å². The largest absolute Gasteiger partial charge is 0.481 e. The van der Waals surface area contributed by atoms with Crippen molar-refractivity contribution < 1.29 is 53.0 Å². The number of nitrogens with zero attached hydrogens (tertiary/aromatic N) is 2. The number of hydroxylamine groups is 2. The molecule has 0 aliphatic carbocycles. The molecule has 5 amide bonds. The Bertz CT molecular complexity index is 826. The van der Waals surface area contributed by atoms with Gasteiger partial charge < -0.3 is 30.5 Å². The first-order valence-electron chi connectivity index (χ1n) is 11.1. The number of nitrogens with two attached hydrogens (primary N) is 1. The van der Waals surface area contributed by atoms with E-state index in [2.05, 4.69) is 10.2 Å². The normalized spacial score (nSPS) is 14.3. The first-order chi connectivity index (χ1) is 17.1. The molecule has 208 valence electrons. The van der Waals surface area contributed by atoms with Crippen molar-refractivity contribution in [2.75, 3.05) is 46.1 Å². The smallest absolute Gasteiger partial charge is 0.335 e. The van der Waals surface area contributed by atoms with Gasteiger partial charge in [0.1, 0.15) is 0 Å². The average molecular weight is 531 g/mol. The minimum atomic E-state index is -0.841. The van der Waals surface area contributed by atoms with E-state index in [-0.39, 0.29) is 78.3 Å². The molecule has 2 aliphatic heterocycles. The van der Waals surface area contributed by atoms with Crippen molar-refractivity contribution in [3.63, 3.8) is 0 Å². The van der Waals surface area contributed by atoms with Gasteiger partial charge in [0.15, 0.2) is 0 Å². The lowest BCUT2D eigenvalue weighted by Crippen LogP contribution is -2.35. The topological polar surface area (TPSA) is 212 Å². The molecule has 4 N–H and O–H groups in total.